The Morgan fingerprint density at radius 3 is 2.41 bits per heavy atom. The standard InChI is InChI=1S/C34H33NO4/c1-4-37-32(36)18-26-12-5-6-14-31(26)38-20-28-21-39-34-29(28)16-27(25-13-8-11-24(15-25)19-35)17-30(34)33-22(2)9-7-10-23(33)3/h5-17,21H,4,18-20,35H2,1-3H3. The molecule has 0 radical (unpaired) electrons. The first kappa shape index (κ1) is 26.3. The lowest BCUT2D eigenvalue weighted by molar-refractivity contribution is -0.142. The van der Waals surface area contributed by atoms with Gasteiger partial charge >= 0.3 is 5.97 Å². The number of ether oxygens (including phenoxy) is 2. The fourth-order valence-corrected chi connectivity index (χ4v) is 5.08. The van der Waals surface area contributed by atoms with Crippen molar-refractivity contribution in [3.05, 3.63) is 113 Å². The summed E-state index contributed by atoms with van der Waals surface area (Å²) in [6.07, 6.45) is 1.93. The molecule has 198 valence electrons. The van der Waals surface area contributed by atoms with Crippen LogP contribution in [0.5, 0.6) is 5.75 Å². The molecule has 5 rings (SSSR count). The van der Waals surface area contributed by atoms with Crippen LogP contribution in [0.4, 0.5) is 0 Å². The Labute approximate surface area is 229 Å². The molecular weight excluding hydrogens is 486 g/mol. The van der Waals surface area contributed by atoms with E-state index in [9.17, 15) is 4.79 Å². The van der Waals surface area contributed by atoms with E-state index in [2.05, 4.69) is 56.3 Å². The summed E-state index contributed by atoms with van der Waals surface area (Å²) in [7, 11) is 0. The van der Waals surface area contributed by atoms with Crippen LogP contribution in [0.3, 0.4) is 0 Å². The van der Waals surface area contributed by atoms with Crippen LogP contribution in [0.25, 0.3) is 33.2 Å². The van der Waals surface area contributed by atoms with E-state index in [4.69, 9.17) is 19.6 Å². The second kappa shape index (κ2) is 11.6. The average Bonchev–Trinajstić information content (AvgIpc) is 3.35. The highest BCUT2D eigenvalue weighted by atomic mass is 16.5. The minimum Gasteiger partial charge on any atom is -0.488 e. The van der Waals surface area contributed by atoms with Crippen molar-refractivity contribution in [3.8, 4) is 28.0 Å². The van der Waals surface area contributed by atoms with Gasteiger partial charge in [-0.3, -0.25) is 4.79 Å². The quantitative estimate of drug-likeness (QED) is 0.204. The molecule has 1 aromatic heterocycles. The zero-order valence-electron chi connectivity index (χ0n) is 22.6. The van der Waals surface area contributed by atoms with Crippen molar-refractivity contribution in [1.29, 1.82) is 0 Å². The number of carbonyl (C=O) groups excluding carboxylic acids is 1. The van der Waals surface area contributed by atoms with Crippen LogP contribution < -0.4 is 10.5 Å². The molecule has 39 heavy (non-hydrogen) atoms. The van der Waals surface area contributed by atoms with Crippen LogP contribution >= 0.6 is 0 Å². The van der Waals surface area contributed by atoms with E-state index < -0.39 is 0 Å². The van der Waals surface area contributed by atoms with Gasteiger partial charge in [-0.2, -0.15) is 0 Å². The second-order valence-corrected chi connectivity index (χ2v) is 9.71. The highest BCUT2D eigenvalue weighted by Gasteiger charge is 2.18. The first-order valence-electron chi connectivity index (χ1n) is 13.2. The smallest absolute Gasteiger partial charge is 0.310 e. The molecule has 0 spiro atoms. The number of nitrogens with two attached hydrogens (primary N) is 1. The minimum absolute atomic E-state index is 0.161. The van der Waals surface area contributed by atoms with Crippen molar-refractivity contribution in [2.75, 3.05) is 6.61 Å². The van der Waals surface area contributed by atoms with Crippen molar-refractivity contribution < 1.29 is 18.7 Å². The van der Waals surface area contributed by atoms with Crippen LogP contribution in [0.15, 0.2) is 89.5 Å². The summed E-state index contributed by atoms with van der Waals surface area (Å²) in [6, 6.07) is 26.6. The van der Waals surface area contributed by atoms with Crippen LogP contribution in [0.1, 0.15) is 34.7 Å². The number of benzene rings is 4. The highest BCUT2D eigenvalue weighted by Crippen LogP contribution is 2.39. The first-order chi connectivity index (χ1) is 19.0. The van der Waals surface area contributed by atoms with Crippen molar-refractivity contribution in [1.82, 2.24) is 0 Å². The van der Waals surface area contributed by atoms with Crippen molar-refractivity contribution >= 4 is 16.9 Å². The number of para-hydroxylation sites is 1. The molecule has 5 heteroatoms. The Morgan fingerprint density at radius 2 is 1.64 bits per heavy atom. The summed E-state index contributed by atoms with van der Waals surface area (Å²) in [5.74, 6) is 0.381. The first-order valence-corrected chi connectivity index (χ1v) is 13.2. The maximum absolute atomic E-state index is 12.1. The Balaban J connectivity index is 1.58. The number of aryl methyl sites for hydroxylation is 2. The molecule has 0 amide bonds. The van der Waals surface area contributed by atoms with Gasteiger partial charge in [0.1, 0.15) is 17.9 Å². The Kier molecular flexibility index (Phi) is 7.80. The van der Waals surface area contributed by atoms with Gasteiger partial charge in [0.15, 0.2) is 0 Å². The van der Waals surface area contributed by atoms with E-state index in [0.29, 0.717) is 25.5 Å². The molecule has 5 nitrogen and oxygen atoms in total. The van der Waals surface area contributed by atoms with Gasteiger partial charge in [0, 0.05) is 28.6 Å². The third kappa shape index (κ3) is 5.59. The lowest BCUT2D eigenvalue weighted by atomic mass is 9.91. The predicted octanol–water partition coefficient (Wildman–Crippen LogP) is 7.53. The average molecular weight is 520 g/mol. The molecule has 0 fully saturated rings. The number of fused-ring (bicyclic) bond motifs is 1. The molecule has 0 bridgehead atoms. The van der Waals surface area contributed by atoms with E-state index >= 15 is 0 Å². The number of carbonyl (C=O) groups is 1. The minimum atomic E-state index is -0.273. The number of hydrogen-bond donors (Lipinski definition) is 1. The van der Waals surface area contributed by atoms with E-state index in [0.717, 1.165) is 44.3 Å². The van der Waals surface area contributed by atoms with Crippen LogP contribution in [-0.4, -0.2) is 12.6 Å². The summed E-state index contributed by atoms with van der Waals surface area (Å²) in [5, 5.41) is 0.992. The fourth-order valence-electron chi connectivity index (χ4n) is 5.08. The molecule has 0 atom stereocenters. The van der Waals surface area contributed by atoms with Crippen molar-refractivity contribution in [2.45, 2.75) is 40.3 Å². The number of rotatable bonds is 9. The number of esters is 1. The third-order valence-corrected chi connectivity index (χ3v) is 7.00. The van der Waals surface area contributed by atoms with Crippen LogP contribution in [0.2, 0.25) is 0 Å². The van der Waals surface area contributed by atoms with Gasteiger partial charge in [0.2, 0.25) is 0 Å². The van der Waals surface area contributed by atoms with Gasteiger partial charge in [0.25, 0.3) is 0 Å². The predicted molar refractivity (Wildman–Crippen MR) is 156 cm³/mol. The monoisotopic (exact) mass is 519 g/mol. The lowest BCUT2D eigenvalue weighted by Crippen LogP contribution is -2.09. The summed E-state index contributed by atoms with van der Waals surface area (Å²) >= 11 is 0. The molecule has 5 aromatic rings. The van der Waals surface area contributed by atoms with E-state index in [-0.39, 0.29) is 12.4 Å². The van der Waals surface area contributed by atoms with Gasteiger partial charge in [-0.15, -0.1) is 0 Å². The Hall–Kier alpha value is -4.35. The molecule has 0 unspecified atom stereocenters. The third-order valence-electron chi connectivity index (χ3n) is 7.00. The maximum Gasteiger partial charge on any atom is 0.310 e. The van der Waals surface area contributed by atoms with Gasteiger partial charge < -0.3 is 19.6 Å². The molecule has 1 heterocycles. The molecule has 0 saturated heterocycles. The molecule has 0 aliphatic carbocycles. The van der Waals surface area contributed by atoms with Crippen LogP contribution in [0, 0.1) is 13.8 Å². The zero-order chi connectivity index (χ0) is 27.4. The molecule has 0 aliphatic rings. The maximum atomic E-state index is 12.1. The highest BCUT2D eigenvalue weighted by molar-refractivity contribution is 5.99. The van der Waals surface area contributed by atoms with Crippen LogP contribution in [-0.2, 0) is 29.1 Å². The zero-order valence-corrected chi connectivity index (χ0v) is 22.6. The Morgan fingerprint density at radius 1 is 0.872 bits per heavy atom. The molecule has 0 saturated carbocycles. The molecule has 2 N–H and O–H groups in total. The SMILES string of the molecule is CCOC(=O)Cc1ccccc1OCc1coc2c(-c3c(C)cccc3C)cc(-c3cccc(CN)c3)cc12. The topological polar surface area (TPSA) is 74.7 Å². The molecule has 0 aliphatic heterocycles. The second-order valence-electron chi connectivity index (χ2n) is 9.71. The summed E-state index contributed by atoms with van der Waals surface area (Å²) < 4.78 is 17.6. The van der Waals surface area contributed by atoms with Gasteiger partial charge in [-0.25, -0.2) is 0 Å². The molecule has 4 aromatic carbocycles. The van der Waals surface area contributed by atoms with Gasteiger partial charge in [0.05, 0.1) is 19.3 Å². The van der Waals surface area contributed by atoms with Crippen molar-refractivity contribution in [2.24, 2.45) is 5.73 Å². The van der Waals surface area contributed by atoms with E-state index in [1.165, 1.54) is 16.7 Å². The molecular formula is C34H33NO4. The van der Waals surface area contributed by atoms with Gasteiger partial charge in [-0.05, 0) is 78.4 Å². The number of hydrogen-bond acceptors (Lipinski definition) is 5. The summed E-state index contributed by atoms with van der Waals surface area (Å²) in [6.45, 7) is 7.19. The normalized spacial score (nSPS) is 11.1. The van der Waals surface area contributed by atoms with Gasteiger partial charge in [-0.1, -0.05) is 54.6 Å². The number of furan rings is 1. The van der Waals surface area contributed by atoms with E-state index in [1.54, 1.807) is 13.2 Å². The Bertz CT molecular complexity index is 1610. The largest absolute Gasteiger partial charge is 0.488 e. The fraction of sp³-hybridized carbons (Fsp3) is 0.206. The summed E-state index contributed by atoms with van der Waals surface area (Å²) in [5.41, 5.74) is 16.3. The van der Waals surface area contributed by atoms with E-state index in [1.807, 2.05) is 36.4 Å². The van der Waals surface area contributed by atoms with Crippen molar-refractivity contribution in [3.63, 3.8) is 0 Å². The lowest BCUT2D eigenvalue weighted by Gasteiger charge is -2.14. The summed E-state index contributed by atoms with van der Waals surface area (Å²) in [4.78, 5) is 12.1.